The van der Waals surface area contributed by atoms with Gasteiger partial charge in [0, 0.05) is 50.1 Å². The molecule has 9 rings (SSSR count). The Balaban J connectivity index is 1.12. The third kappa shape index (κ3) is 17.6. The molecular weight excluding hydrogens is 1240 g/mol. The van der Waals surface area contributed by atoms with Crippen LogP contribution in [0.3, 0.4) is 0 Å². The molecule has 8 aromatic heterocycles. The number of hydrogen-bond donors (Lipinski definition) is 0. The maximum atomic E-state index is 5.96. The van der Waals surface area contributed by atoms with Gasteiger partial charge < -0.3 is 0 Å². The molecule has 81 heavy (non-hydrogen) atoms. The number of aromatic nitrogens is 5. The molecule has 0 fully saturated rings. The van der Waals surface area contributed by atoms with Crippen molar-refractivity contribution in [3.8, 4) is 61.5 Å². The molecule has 0 aliphatic carbocycles. The first kappa shape index (κ1) is 62.6. The summed E-state index contributed by atoms with van der Waals surface area (Å²) in [6.45, 7) is 10.0. The number of benzene rings is 1. The molecule has 1 aromatic carbocycles. The van der Waals surface area contributed by atoms with Crippen LogP contribution in [0.1, 0.15) is 217 Å². The fourth-order valence-corrected chi connectivity index (χ4v) is 18.6. The van der Waals surface area contributed by atoms with E-state index in [1.807, 2.05) is 45.3 Å². The smallest absolute Gasteiger partial charge is 0.124 e. The number of nitrogens with zero attached hydrogens (tertiary/aromatic N) is 5. The Hall–Kier alpha value is -2.88. The van der Waals surface area contributed by atoms with Gasteiger partial charge in [0.1, 0.15) is 33.5 Å². The lowest BCUT2D eigenvalue weighted by molar-refractivity contribution is 0.326. The molecule has 434 valence electrons. The summed E-state index contributed by atoms with van der Waals surface area (Å²) in [6.07, 6.45) is 39.3. The minimum atomic E-state index is 0.519. The average Bonchev–Trinajstić information content (AvgIpc) is 4.49. The lowest BCUT2D eigenvalue weighted by atomic mass is 9.94. The highest BCUT2D eigenvalue weighted by atomic mass is 79.9. The van der Waals surface area contributed by atoms with Crippen LogP contribution in [-0.4, -0.2) is 25.0 Å². The van der Waals surface area contributed by atoms with Gasteiger partial charge in [0.15, 0.2) is 0 Å². The van der Waals surface area contributed by atoms with Crippen LogP contribution >= 0.6 is 99.9 Å². The van der Waals surface area contributed by atoms with Gasteiger partial charge in [-0.15, -0.1) is 68.0 Å². The Kier molecular flexibility index (Phi) is 25.6. The fraction of sp³-hybridized carbons (Fsp3) is 0.529. The highest BCUT2D eigenvalue weighted by molar-refractivity contribution is 9.11. The summed E-state index contributed by atoms with van der Waals surface area (Å²) in [7, 11) is 0. The molecule has 0 spiro atoms. The summed E-state index contributed by atoms with van der Waals surface area (Å²) in [5, 5.41) is 11.2. The third-order valence-electron chi connectivity index (χ3n) is 16.0. The van der Waals surface area contributed by atoms with Crippen molar-refractivity contribution in [2.45, 2.75) is 227 Å². The van der Waals surface area contributed by atoms with Gasteiger partial charge >= 0.3 is 0 Å². The normalized spacial score (nSPS) is 12.3. The number of unbranched alkanes of at least 4 members (excludes halogenated alkanes) is 22. The van der Waals surface area contributed by atoms with Crippen LogP contribution < -0.4 is 0 Å². The van der Waals surface area contributed by atoms with Crippen LogP contribution in [0.4, 0.5) is 0 Å². The fourth-order valence-electron chi connectivity index (χ4n) is 11.5. The quantitative estimate of drug-likeness (QED) is 0.0362. The minimum absolute atomic E-state index is 0.519. The zero-order chi connectivity index (χ0) is 56.2. The second-order valence-electron chi connectivity index (χ2n) is 22.6. The van der Waals surface area contributed by atoms with Crippen molar-refractivity contribution in [3.05, 3.63) is 90.1 Å². The highest BCUT2D eigenvalue weighted by Crippen LogP contribution is 2.50. The number of halogens is 2. The van der Waals surface area contributed by atoms with E-state index < -0.39 is 0 Å². The van der Waals surface area contributed by atoms with Crippen LogP contribution in [0.2, 0.25) is 0 Å². The lowest BCUT2D eigenvalue weighted by Crippen LogP contribution is -2.14. The number of hydrogen-bond acceptors (Lipinski definition) is 10. The predicted octanol–water partition coefficient (Wildman–Crippen LogP) is 26.0. The van der Waals surface area contributed by atoms with Crippen molar-refractivity contribution < 1.29 is 0 Å². The van der Waals surface area contributed by atoms with Crippen LogP contribution in [0.5, 0.6) is 0 Å². The van der Waals surface area contributed by atoms with Gasteiger partial charge in [0.05, 0.1) is 23.9 Å². The van der Waals surface area contributed by atoms with E-state index in [1.54, 1.807) is 22.7 Å². The van der Waals surface area contributed by atoms with Crippen LogP contribution in [0.15, 0.2) is 80.4 Å². The minimum Gasteiger partial charge on any atom is -0.242 e. The van der Waals surface area contributed by atoms with Gasteiger partial charge in [-0.3, -0.25) is 0 Å². The van der Waals surface area contributed by atoms with E-state index in [9.17, 15) is 0 Å². The van der Waals surface area contributed by atoms with Crippen molar-refractivity contribution in [3.63, 3.8) is 0 Å². The van der Waals surface area contributed by atoms with Crippen LogP contribution in [0, 0.1) is 5.92 Å². The molecule has 1 atom stereocenters. The van der Waals surface area contributed by atoms with E-state index >= 15 is 0 Å². The molecular formula is C68H87Br2N5S6. The number of rotatable bonds is 38. The maximum absolute atomic E-state index is 5.96. The first-order chi connectivity index (χ1) is 39.8. The topological polar surface area (TPSA) is 56.5 Å². The van der Waals surface area contributed by atoms with Crippen LogP contribution in [0.25, 0.3) is 83.6 Å². The van der Waals surface area contributed by atoms with Crippen molar-refractivity contribution in [2.24, 2.45) is 5.92 Å². The molecule has 0 aliphatic rings. The molecule has 5 nitrogen and oxygen atoms in total. The van der Waals surface area contributed by atoms with Gasteiger partial charge in [0.2, 0.25) is 0 Å². The van der Waals surface area contributed by atoms with Crippen molar-refractivity contribution in [1.82, 2.24) is 25.0 Å². The summed E-state index contributed by atoms with van der Waals surface area (Å²) < 4.78 is 2.16. The first-order valence-electron chi connectivity index (χ1n) is 31.4. The first-order valence-corrected chi connectivity index (χ1v) is 37.8. The Bertz CT molecular complexity index is 3100. The summed E-state index contributed by atoms with van der Waals surface area (Å²) in [4.78, 5) is 26.7. The molecule has 13 heteroatoms. The maximum Gasteiger partial charge on any atom is 0.124 e. The Morgan fingerprint density at radius 1 is 0.346 bits per heavy atom. The van der Waals surface area contributed by atoms with E-state index in [0.29, 0.717) is 5.92 Å². The van der Waals surface area contributed by atoms with Gasteiger partial charge in [-0.05, 0) is 149 Å². The zero-order valence-corrected chi connectivity index (χ0v) is 56.9. The monoisotopic (exact) mass is 1320 g/mol. The molecule has 1 unspecified atom stereocenters. The van der Waals surface area contributed by atoms with E-state index in [2.05, 4.69) is 137 Å². The molecule has 0 aliphatic heterocycles. The average molecular weight is 1330 g/mol. The largest absolute Gasteiger partial charge is 0.242 e. The number of fused-ring (bicyclic) bond motifs is 2. The molecule has 0 radical (unpaired) electrons. The van der Waals surface area contributed by atoms with E-state index in [-0.39, 0.29) is 0 Å². The predicted molar refractivity (Wildman–Crippen MR) is 369 cm³/mol. The number of aryl methyl sites for hydroxylation is 2. The Labute approximate surface area is 526 Å². The molecule has 9 aromatic rings. The molecule has 0 saturated heterocycles. The van der Waals surface area contributed by atoms with E-state index in [0.717, 1.165) is 91.0 Å². The van der Waals surface area contributed by atoms with E-state index in [4.69, 9.17) is 20.2 Å². The molecule has 0 saturated carbocycles. The van der Waals surface area contributed by atoms with Gasteiger partial charge in [-0.2, -0.15) is 15.0 Å². The number of thiophene rings is 6. The van der Waals surface area contributed by atoms with Gasteiger partial charge in [0.25, 0.3) is 0 Å². The third-order valence-corrected chi connectivity index (χ3v) is 24.2. The van der Waals surface area contributed by atoms with Crippen LogP contribution in [-0.2, 0) is 19.4 Å². The molecule has 8 heterocycles. The van der Waals surface area contributed by atoms with E-state index in [1.165, 1.54) is 209 Å². The second-order valence-corrected chi connectivity index (χ2v) is 32.0. The summed E-state index contributed by atoms with van der Waals surface area (Å²) >= 11 is 18.8. The summed E-state index contributed by atoms with van der Waals surface area (Å²) in [6, 6.07) is 27.4. The van der Waals surface area contributed by atoms with Crippen molar-refractivity contribution in [2.75, 3.05) is 0 Å². The summed E-state index contributed by atoms with van der Waals surface area (Å²) in [5.74, 6) is 0.519. The highest BCUT2D eigenvalue weighted by Gasteiger charge is 2.29. The van der Waals surface area contributed by atoms with Gasteiger partial charge in [-0.25, -0.2) is 9.97 Å². The zero-order valence-electron chi connectivity index (χ0n) is 48.9. The van der Waals surface area contributed by atoms with Crippen molar-refractivity contribution in [1.29, 1.82) is 0 Å². The Morgan fingerprint density at radius 3 is 1.06 bits per heavy atom. The Morgan fingerprint density at radius 2 is 0.679 bits per heavy atom. The SMILES string of the molecule is CCCCCCCCCCCCC(CCCCCCCCCC)Cn1nc2c(-c3ccc(Br)s3)c3nc(-c4ccc(-c5ccc(CCCCCC)s5)s4)c(-c4ccc(-c5ccc(CCCCCC)s5)s4)nc3c(-c3ccc(Br)s3)c2n1. The van der Waals surface area contributed by atoms with Crippen molar-refractivity contribution >= 4 is 122 Å². The molecule has 0 bridgehead atoms. The second kappa shape index (κ2) is 33.1. The molecule has 0 N–H and O–H groups in total. The summed E-state index contributed by atoms with van der Waals surface area (Å²) in [5.41, 5.74) is 7.48. The standard InChI is InChI=1S/C68H87Br2N5S6/c1-5-9-13-17-19-21-22-24-26-28-32-48(31-27-25-23-20-18-14-10-6-2)47-75-73-67-61(55-43-45-59(69)80-55)65-66(62(68(67)74-75)56-44-46-60(70)81-56)72-64(58-42-40-54(79-58)52-38-36-50(77-52)34-30-16-12-8-4)63(71-65)57-41-39-53(78-57)51-37-35-49(76-51)33-29-15-11-7-3/h35-46,48H,5-34,47H2,1-4H3. The van der Waals surface area contributed by atoms with Gasteiger partial charge in [-0.1, -0.05) is 182 Å². The lowest BCUT2D eigenvalue weighted by Gasteiger charge is -2.16. The molecule has 0 amide bonds.